The quantitative estimate of drug-likeness (QED) is 0.234. The number of carbonyl (C=O) groups is 6. The number of allylic oxidation sites excluding steroid dienone is 4. The van der Waals surface area contributed by atoms with E-state index in [2.05, 4.69) is 5.32 Å². The van der Waals surface area contributed by atoms with E-state index in [4.69, 9.17) is 28.4 Å². The zero-order valence-electron chi connectivity index (χ0n) is 39.9. The van der Waals surface area contributed by atoms with Gasteiger partial charge in [-0.25, -0.2) is 0 Å². The van der Waals surface area contributed by atoms with Crippen LogP contribution in [-0.4, -0.2) is 113 Å². The molecule has 16 heteroatoms. The van der Waals surface area contributed by atoms with Crippen LogP contribution in [0, 0.1) is 36.5 Å². The summed E-state index contributed by atoms with van der Waals surface area (Å²) in [4.78, 5) is 87.8. The van der Waals surface area contributed by atoms with E-state index >= 15 is 9.59 Å². The maximum atomic E-state index is 15.4. The number of aliphatic hydroxyl groups is 2. The summed E-state index contributed by atoms with van der Waals surface area (Å²) in [5, 5.41) is 25.8. The maximum Gasteiger partial charge on any atom is 0.314 e. The molecule has 6 aliphatic rings. The number of nitrogens with one attached hydrogen (secondary N) is 1. The predicted molar refractivity (Wildman–Crippen MR) is 240 cm³/mol. The highest BCUT2D eigenvalue weighted by molar-refractivity contribution is 6.32. The van der Waals surface area contributed by atoms with E-state index in [0.717, 1.165) is 19.3 Å². The van der Waals surface area contributed by atoms with Crippen molar-refractivity contribution in [3.63, 3.8) is 0 Å². The molecule has 0 spiro atoms. The van der Waals surface area contributed by atoms with E-state index in [1.165, 1.54) is 53.2 Å². The predicted octanol–water partition coefficient (Wildman–Crippen LogP) is 5.85. The van der Waals surface area contributed by atoms with Crippen LogP contribution in [0.15, 0.2) is 47.5 Å². The third-order valence-electron chi connectivity index (χ3n) is 13.8. The lowest BCUT2D eigenvalue weighted by atomic mass is 9.78. The molecule has 16 nitrogen and oxygen atoms in total. The second-order valence-corrected chi connectivity index (χ2v) is 18.9. The Morgan fingerprint density at radius 1 is 0.848 bits per heavy atom. The molecule has 5 bridgehead atoms. The smallest absolute Gasteiger partial charge is 0.314 e. The van der Waals surface area contributed by atoms with Crippen molar-refractivity contribution in [2.24, 2.45) is 29.6 Å². The third kappa shape index (κ3) is 9.92. The molecule has 0 unspecified atom stereocenters. The zero-order valence-corrected chi connectivity index (χ0v) is 39.9. The number of rotatable bonds is 5. The molecule has 66 heavy (non-hydrogen) atoms. The van der Waals surface area contributed by atoms with Gasteiger partial charge in [-0.2, -0.15) is 0 Å². The Balaban J connectivity index is 1.56. The van der Waals surface area contributed by atoms with Crippen LogP contribution >= 0.6 is 0 Å². The Labute approximate surface area is 386 Å². The van der Waals surface area contributed by atoms with E-state index in [0.29, 0.717) is 12.8 Å². The van der Waals surface area contributed by atoms with Crippen molar-refractivity contribution in [2.75, 3.05) is 20.2 Å². The molecule has 7 rings (SSSR count). The largest absolute Gasteiger partial charge is 0.462 e. The summed E-state index contributed by atoms with van der Waals surface area (Å²) in [5.74, 6) is -9.92. The maximum absolute atomic E-state index is 15.4. The monoisotopic (exact) mass is 918 g/mol. The second-order valence-electron chi connectivity index (χ2n) is 18.9. The van der Waals surface area contributed by atoms with Gasteiger partial charge in [-0.1, -0.05) is 65.2 Å². The van der Waals surface area contributed by atoms with Gasteiger partial charge < -0.3 is 48.9 Å². The van der Waals surface area contributed by atoms with Gasteiger partial charge in [-0.15, -0.1) is 0 Å². The molecule has 1 aromatic rings. The molecule has 2 aliphatic carbocycles. The number of fused-ring (bicyclic) bond motifs is 14. The average Bonchev–Trinajstić information content (AvgIpc) is 3.54. The van der Waals surface area contributed by atoms with Crippen LogP contribution in [0.1, 0.15) is 131 Å². The zero-order chi connectivity index (χ0) is 48.5. The van der Waals surface area contributed by atoms with Crippen LogP contribution in [0.5, 0.6) is 11.5 Å². The molecule has 1 saturated heterocycles. The van der Waals surface area contributed by atoms with Gasteiger partial charge in [0.1, 0.15) is 29.0 Å². The highest BCUT2D eigenvalue weighted by Crippen LogP contribution is 2.50. The van der Waals surface area contributed by atoms with E-state index in [1.54, 1.807) is 44.7 Å². The molecular formula is C50H66N2O14. The number of methoxy groups -OCH3 is 1. The van der Waals surface area contributed by atoms with E-state index < -0.39 is 107 Å². The standard InChI is InChI=1S/C50H66N2O14/c1-24-16-15-17-25(2)48(59)51-38-39(52-22-26(3)63-27(4)23-52)43(57)35-36(42(38)56)45(65-49(60)33-18-13-12-14-19-33)31(8)46-37(35)47(58)50(10,66-46)62-21-20-34(61-11)28(5)44(64-32(9)53)30(7)41(55)29(6)40(24)54/h15-17,20-21,24,26-30,33-34,40-41,44,54-55H,12-14,18-19,22-23H2,1-11H3,(H,51,59)/b16-15+,21-20+,25-17-/t24-,26-,27-,28+,29+,30-,34-,40-,41-,44+,50-/m0/s1. The number of ether oxygens (including phenoxy) is 6. The Hall–Kier alpha value is -5.16. The molecule has 2 fully saturated rings. The fourth-order valence-corrected chi connectivity index (χ4v) is 9.97. The summed E-state index contributed by atoms with van der Waals surface area (Å²) in [5.41, 5.74) is -1.26. The first kappa shape index (κ1) is 50.3. The molecule has 4 aliphatic heterocycles. The molecule has 1 aromatic carbocycles. The number of carbonyl (C=O) groups excluding carboxylic acids is 6. The van der Waals surface area contributed by atoms with Crippen LogP contribution in [0.3, 0.4) is 0 Å². The van der Waals surface area contributed by atoms with Gasteiger partial charge in [0, 0.05) is 68.9 Å². The Morgan fingerprint density at radius 3 is 2.12 bits per heavy atom. The fourth-order valence-electron chi connectivity index (χ4n) is 9.97. The minimum Gasteiger partial charge on any atom is -0.462 e. The molecule has 3 N–H and O–H groups in total. The highest BCUT2D eigenvalue weighted by Gasteiger charge is 2.54. The number of amides is 1. The van der Waals surface area contributed by atoms with E-state index in [-0.39, 0.29) is 63.8 Å². The van der Waals surface area contributed by atoms with E-state index in [1.807, 2.05) is 13.8 Å². The minimum atomic E-state index is -2.13. The summed E-state index contributed by atoms with van der Waals surface area (Å²) < 4.78 is 36.2. The molecule has 4 heterocycles. The SMILES string of the molecule is CO[C@H]1/C=C/O[C@@]2(C)Oc3c(C)c(OC(=O)C4CCCCC4)c4c(c3C2=O)C(=O)C(N2C[C@H](C)O[C@@H](C)C2)=C(NC(=O)/C(C)=C\C=C\[C@H](C)[C@H](O)[C@@H](C)[C@H](O)[C@H](C)[C@H](OC(C)=O)[C@@H]1C)C4=O. The van der Waals surface area contributed by atoms with Crippen molar-refractivity contribution in [3.8, 4) is 11.5 Å². The van der Waals surface area contributed by atoms with Gasteiger partial charge in [-0.3, -0.25) is 28.8 Å². The number of benzene rings is 1. The number of hydrogen-bond acceptors (Lipinski definition) is 15. The van der Waals surface area contributed by atoms with Gasteiger partial charge >= 0.3 is 17.7 Å². The molecule has 0 aromatic heterocycles. The van der Waals surface area contributed by atoms with Crippen molar-refractivity contribution < 1.29 is 67.4 Å². The third-order valence-corrected chi connectivity index (χ3v) is 13.8. The number of aliphatic hydroxyl groups excluding tert-OH is 2. The van der Waals surface area contributed by atoms with Crippen LogP contribution < -0.4 is 14.8 Å². The van der Waals surface area contributed by atoms with Gasteiger partial charge in [0.05, 0.1) is 59.4 Å². The van der Waals surface area contributed by atoms with Gasteiger partial charge in [0.2, 0.25) is 11.6 Å². The summed E-state index contributed by atoms with van der Waals surface area (Å²) in [7, 11) is 1.43. The van der Waals surface area contributed by atoms with Gasteiger partial charge in [-0.05, 0) is 46.6 Å². The Kier molecular flexibility index (Phi) is 15.5. The first-order valence-corrected chi connectivity index (χ1v) is 23.1. The molecule has 11 atom stereocenters. The number of esters is 2. The average molecular weight is 919 g/mol. The summed E-state index contributed by atoms with van der Waals surface area (Å²) in [6, 6.07) is 0. The Morgan fingerprint density at radius 2 is 1.50 bits per heavy atom. The number of nitrogens with zero attached hydrogens (tertiary/aromatic N) is 1. The van der Waals surface area contributed by atoms with Crippen LogP contribution in [0.25, 0.3) is 0 Å². The first-order valence-electron chi connectivity index (χ1n) is 23.1. The molecule has 1 saturated carbocycles. The summed E-state index contributed by atoms with van der Waals surface area (Å²) >= 11 is 0. The second kappa shape index (κ2) is 20.4. The van der Waals surface area contributed by atoms with Crippen molar-refractivity contribution >= 4 is 35.2 Å². The van der Waals surface area contributed by atoms with Crippen LogP contribution in [0.2, 0.25) is 0 Å². The summed E-state index contributed by atoms with van der Waals surface area (Å²) in [6.07, 6.45) is 6.37. The minimum absolute atomic E-state index is 0.0962. The number of ketones is 3. The lowest BCUT2D eigenvalue weighted by molar-refractivity contribution is -0.160. The lowest BCUT2D eigenvalue weighted by Gasteiger charge is -2.39. The van der Waals surface area contributed by atoms with Crippen molar-refractivity contribution in [1.29, 1.82) is 0 Å². The number of morpholine rings is 1. The number of hydrogen-bond donors (Lipinski definition) is 3. The highest BCUT2D eigenvalue weighted by atomic mass is 16.7. The topological polar surface area (TPSA) is 214 Å². The van der Waals surface area contributed by atoms with Crippen LogP contribution in [0.4, 0.5) is 0 Å². The fraction of sp³-hybridized carbons (Fsp3) is 0.600. The normalized spacial score (nSPS) is 34.4. The van der Waals surface area contributed by atoms with E-state index in [9.17, 15) is 29.4 Å². The molecule has 0 radical (unpaired) electrons. The first-order chi connectivity index (χ1) is 31.1. The summed E-state index contributed by atoms with van der Waals surface area (Å²) in [6.45, 7) is 16.5. The van der Waals surface area contributed by atoms with Crippen LogP contribution in [-0.2, 0) is 33.3 Å². The molecule has 1 amide bonds. The van der Waals surface area contributed by atoms with Crippen molar-refractivity contribution in [3.05, 3.63) is 69.8 Å². The van der Waals surface area contributed by atoms with Crippen molar-refractivity contribution in [1.82, 2.24) is 10.2 Å². The van der Waals surface area contributed by atoms with Gasteiger partial charge in [0.25, 0.3) is 11.7 Å². The number of Topliss-reactive ketones (excluding diaryl/α,β-unsaturated/α-hetero) is 3. The Bertz CT molecular complexity index is 2230. The molecule has 360 valence electrons. The van der Waals surface area contributed by atoms with Gasteiger partial charge in [0.15, 0.2) is 0 Å². The lowest BCUT2D eigenvalue weighted by Crippen LogP contribution is -2.49. The molecular weight excluding hydrogens is 853 g/mol. The van der Waals surface area contributed by atoms with Crippen molar-refractivity contribution in [2.45, 2.75) is 144 Å².